The molecular weight excluding hydrogens is 270 g/mol. The van der Waals surface area contributed by atoms with Gasteiger partial charge in [-0.05, 0) is 24.5 Å². The molecule has 0 aliphatic carbocycles. The fourth-order valence-corrected chi connectivity index (χ4v) is 2.58. The second-order valence-corrected chi connectivity index (χ2v) is 5.76. The molecule has 0 bridgehead atoms. The molecule has 2 unspecified atom stereocenters. The van der Waals surface area contributed by atoms with Crippen LogP contribution in [0, 0.1) is 6.92 Å². The number of aliphatic hydroxyl groups excluding tert-OH is 1. The molecule has 0 aliphatic rings. The van der Waals surface area contributed by atoms with Gasteiger partial charge in [0.05, 0.1) is 6.10 Å². The summed E-state index contributed by atoms with van der Waals surface area (Å²) in [6, 6.07) is 9.67. The second-order valence-electron chi connectivity index (χ2n) is 4.77. The van der Waals surface area contributed by atoms with Gasteiger partial charge in [0.2, 0.25) is 0 Å². The number of aliphatic hydroxyl groups is 1. The highest BCUT2D eigenvalue weighted by Crippen LogP contribution is 2.15. The Hall–Kier alpha value is -1.43. The number of thioether (sulfide) groups is 1. The molecule has 4 nitrogen and oxygen atoms in total. The molecule has 0 spiro atoms. The maximum atomic E-state index is 10.1. The molecule has 0 fully saturated rings. The van der Waals surface area contributed by atoms with Crippen molar-refractivity contribution in [1.29, 1.82) is 0 Å². The molecule has 2 aromatic rings. The third-order valence-electron chi connectivity index (χ3n) is 2.95. The first-order valence-electron chi connectivity index (χ1n) is 6.54. The zero-order valence-corrected chi connectivity index (χ0v) is 12.3. The minimum atomic E-state index is -0.579. The van der Waals surface area contributed by atoms with Crippen molar-refractivity contribution in [3.63, 3.8) is 0 Å². The van der Waals surface area contributed by atoms with Crippen LogP contribution in [0.1, 0.15) is 11.1 Å². The van der Waals surface area contributed by atoms with Crippen LogP contribution in [-0.2, 0) is 6.42 Å². The van der Waals surface area contributed by atoms with Crippen molar-refractivity contribution < 1.29 is 5.11 Å². The number of aromatic nitrogens is 2. The van der Waals surface area contributed by atoms with Crippen LogP contribution < -0.4 is 5.73 Å². The maximum Gasteiger partial charge on any atom is 0.187 e. The molecule has 0 radical (unpaired) electrons. The predicted molar refractivity (Wildman–Crippen MR) is 81.6 cm³/mol. The lowest BCUT2D eigenvalue weighted by Gasteiger charge is -2.18. The minimum absolute atomic E-state index is 0.282. The number of nitrogens with two attached hydrogens (primary N) is 1. The Balaban J connectivity index is 1.82. The number of rotatable bonds is 6. The molecule has 0 saturated carbocycles. The molecule has 2 atom stereocenters. The summed E-state index contributed by atoms with van der Waals surface area (Å²) in [6.45, 7) is 1.94. The van der Waals surface area contributed by atoms with E-state index in [1.54, 1.807) is 12.4 Å². The van der Waals surface area contributed by atoms with Crippen LogP contribution in [0.2, 0.25) is 0 Å². The lowest BCUT2D eigenvalue weighted by Crippen LogP contribution is -2.38. The first-order chi connectivity index (χ1) is 9.65. The first-order valence-corrected chi connectivity index (χ1v) is 7.52. The van der Waals surface area contributed by atoms with Crippen LogP contribution in [0.3, 0.4) is 0 Å². The van der Waals surface area contributed by atoms with E-state index in [1.807, 2.05) is 37.3 Å². The lowest BCUT2D eigenvalue weighted by atomic mass is 10.0. The third kappa shape index (κ3) is 4.59. The highest BCUT2D eigenvalue weighted by molar-refractivity contribution is 7.99. The van der Waals surface area contributed by atoms with E-state index in [9.17, 15) is 5.11 Å². The number of hydrogen-bond donors (Lipinski definition) is 2. The van der Waals surface area contributed by atoms with Gasteiger partial charge in [0.15, 0.2) is 5.16 Å². The quantitative estimate of drug-likeness (QED) is 0.627. The average Bonchev–Trinajstić information content (AvgIpc) is 2.47. The van der Waals surface area contributed by atoms with Crippen LogP contribution in [-0.4, -0.2) is 33.0 Å². The average molecular weight is 289 g/mol. The van der Waals surface area contributed by atoms with Crippen molar-refractivity contribution in [2.75, 3.05) is 5.75 Å². The van der Waals surface area contributed by atoms with Crippen molar-refractivity contribution in [3.05, 3.63) is 53.9 Å². The van der Waals surface area contributed by atoms with E-state index in [4.69, 9.17) is 5.73 Å². The third-order valence-corrected chi connectivity index (χ3v) is 3.93. The normalized spacial score (nSPS) is 13.9. The van der Waals surface area contributed by atoms with Gasteiger partial charge < -0.3 is 10.8 Å². The van der Waals surface area contributed by atoms with Crippen molar-refractivity contribution in [2.24, 2.45) is 5.73 Å². The number of nitrogens with zero attached hydrogens (tertiary/aromatic N) is 2. The summed E-state index contributed by atoms with van der Waals surface area (Å²) in [6.07, 6.45) is 3.62. The Labute approximate surface area is 123 Å². The van der Waals surface area contributed by atoms with Gasteiger partial charge in [-0.2, -0.15) is 0 Å². The van der Waals surface area contributed by atoms with Gasteiger partial charge in [0.1, 0.15) is 0 Å². The Morgan fingerprint density at radius 1 is 1.20 bits per heavy atom. The van der Waals surface area contributed by atoms with E-state index in [1.165, 1.54) is 11.8 Å². The van der Waals surface area contributed by atoms with Crippen LogP contribution in [0.5, 0.6) is 0 Å². The molecule has 5 heteroatoms. The molecule has 1 aromatic heterocycles. The topological polar surface area (TPSA) is 72.0 Å². The molecule has 0 amide bonds. The molecule has 2 rings (SSSR count). The van der Waals surface area contributed by atoms with Crippen LogP contribution in [0.15, 0.2) is 47.9 Å². The van der Waals surface area contributed by atoms with Crippen LogP contribution in [0.25, 0.3) is 0 Å². The fraction of sp³-hybridized carbons (Fsp3) is 0.333. The van der Waals surface area contributed by atoms with Gasteiger partial charge >= 0.3 is 0 Å². The van der Waals surface area contributed by atoms with Gasteiger partial charge in [-0.15, -0.1) is 0 Å². The van der Waals surface area contributed by atoms with Crippen LogP contribution >= 0.6 is 11.8 Å². The molecule has 1 aromatic carbocycles. The van der Waals surface area contributed by atoms with Gasteiger partial charge in [-0.3, -0.25) is 0 Å². The van der Waals surface area contributed by atoms with E-state index in [0.29, 0.717) is 17.3 Å². The van der Waals surface area contributed by atoms with Crippen molar-refractivity contribution in [3.8, 4) is 0 Å². The standard InChI is InChI=1S/C15H19N3OS/c1-11-8-17-15(18-9-11)20-10-14(19)13(16)7-12-5-3-2-4-6-12/h2-6,8-9,13-14,19H,7,10,16H2,1H3. The monoisotopic (exact) mass is 289 g/mol. The Kier molecular flexibility index (Phi) is 5.52. The molecule has 0 aliphatic heterocycles. The smallest absolute Gasteiger partial charge is 0.187 e. The van der Waals surface area contributed by atoms with E-state index in [0.717, 1.165) is 11.1 Å². The van der Waals surface area contributed by atoms with E-state index in [2.05, 4.69) is 9.97 Å². The molecular formula is C15H19N3OS. The highest BCUT2D eigenvalue weighted by atomic mass is 32.2. The van der Waals surface area contributed by atoms with E-state index >= 15 is 0 Å². The van der Waals surface area contributed by atoms with Crippen molar-refractivity contribution in [2.45, 2.75) is 30.6 Å². The zero-order valence-electron chi connectivity index (χ0n) is 11.4. The predicted octanol–water partition coefficient (Wildman–Crippen LogP) is 1.81. The van der Waals surface area contributed by atoms with Gasteiger partial charge in [0.25, 0.3) is 0 Å². The summed E-state index contributed by atoms with van der Waals surface area (Å²) in [4.78, 5) is 8.39. The van der Waals surface area contributed by atoms with Gasteiger partial charge in [-0.1, -0.05) is 42.1 Å². The molecule has 106 valence electrons. The van der Waals surface area contributed by atoms with Crippen molar-refractivity contribution >= 4 is 11.8 Å². The first kappa shape index (κ1) is 15.0. The summed E-state index contributed by atoms with van der Waals surface area (Å²) >= 11 is 1.42. The number of benzene rings is 1. The number of hydrogen-bond acceptors (Lipinski definition) is 5. The zero-order chi connectivity index (χ0) is 14.4. The fourth-order valence-electron chi connectivity index (χ4n) is 1.76. The summed E-state index contributed by atoms with van der Waals surface area (Å²) in [5.41, 5.74) is 8.19. The van der Waals surface area contributed by atoms with E-state index < -0.39 is 6.10 Å². The Morgan fingerprint density at radius 2 is 1.85 bits per heavy atom. The largest absolute Gasteiger partial charge is 0.391 e. The Morgan fingerprint density at radius 3 is 2.50 bits per heavy atom. The van der Waals surface area contributed by atoms with Crippen molar-refractivity contribution in [1.82, 2.24) is 9.97 Å². The molecule has 0 saturated heterocycles. The van der Waals surface area contributed by atoms with Crippen LogP contribution in [0.4, 0.5) is 0 Å². The summed E-state index contributed by atoms with van der Waals surface area (Å²) in [5.74, 6) is 0.497. The summed E-state index contributed by atoms with van der Waals surface area (Å²) in [5, 5.41) is 10.8. The molecule has 20 heavy (non-hydrogen) atoms. The SMILES string of the molecule is Cc1cnc(SCC(O)C(N)Cc2ccccc2)nc1. The van der Waals surface area contributed by atoms with E-state index in [-0.39, 0.29) is 6.04 Å². The second kappa shape index (κ2) is 7.38. The summed E-state index contributed by atoms with van der Waals surface area (Å²) < 4.78 is 0. The number of aryl methyl sites for hydroxylation is 1. The molecule has 3 N–H and O–H groups in total. The minimum Gasteiger partial charge on any atom is -0.391 e. The van der Waals surface area contributed by atoms with Gasteiger partial charge in [-0.25, -0.2) is 9.97 Å². The highest BCUT2D eigenvalue weighted by Gasteiger charge is 2.16. The summed E-state index contributed by atoms with van der Waals surface area (Å²) in [7, 11) is 0. The maximum absolute atomic E-state index is 10.1. The lowest BCUT2D eigenvalue weighted by molar-refractivity contribution is 0.167. The Bertz CT molecular complexity index is 518. The molecule has 1 heterocycles. The van der Waals surface area contributed by atoms with Gasteiger partial charge in [0, 0.05) is 24.2 Å².